The number of benzene rings is 2. The molecule has 0 unspecified atom stereocenters. The Labute approximate surface area is 119 Å². The zero-order chi connectivity index (χ0) is 13.9. The van der Waals surface area contributed by atoms with E-state index in [0.29, 0.717) is 13.2 Å². The second-order valence-electron chi connectivity index (χ2n) is 5.01. The molecule has 0 bridgehead atoms. The molecule has 1 aliphatic rings. The Kier molecular flexibility index (Phi) is 3.50. The number of nitrogens with one attached hydrogen (secondary N) is 1. The van der Waals surface area contributed by atoms with E-state index in [1.807, 2.05) is 25.1 Å². The molecular weight excluding hydrogens is 250 g/mol. The minimum absolute atomic E-state index is 0.181. The molecule has 1 aliphatic heterocycles. The lowest BCUT2D eigenvalue weighted by Crippen LogP contribution is -2.23. The van der Waals surface area contributed by atoms with Crippen molar-refractivity contribution in [1.82, 2.24) is 0 Å². The fourth-order valence-corrected chi connectivity index (χ4v) is 2.43. The largest absolute Gasteiger partial charge is 0.494 e. The van der Waals surface area contributed by atoms with Crippen LogP contribution in [0.1, 0.15) is 24.1 Å². The number of ether oxygens (including phenoxy) is 2. The molecule has 1 atom stereocenters. The summed E-state index contributed by atoms with van der Waals surface area (Å²) in [6.45, 7) is 5.41. The van der Waals surface area contributed by atoms with Crippen LogP contribution in [0.2, 0.25) is 0 Å². The van der Waals surface area contributed by atoms with Gasteiger partial charge >= 0.3 is 0 Å². The molecule has 0 saturated carbocycles. The highest BCUT2D eigenvalue weighted by Crippen LogP contribution is 2.34. The highest BCUT2D eigenvalue weighted by molar-refractivity contribution is 5.60. The number of hydrogen-bond donors (Lipinski definition) is 1. The number of anilines is 1. The summed E-state index contributed by atoms with van der Waals surface area (Å²) < 4.78 is 11.3. The van der Waals surface area contributed by atoms with Crippen LogP contribution in [0.5, 0.6) is 11.5 Å². The first kappa shape index (κ1) is 12.9. The summed E-state index contributed by atoms with van der Waals surface area (Å²) in [5.74, 6) is 1.84. The first-order chi connectivity index (χ1) is 9.76. The Morgan fingerprint density at radius 3 is 2.75 bits per heavy atom. The highest BCUT2D eigenvalue weighted by Gasteiger charge is 2.20. The van der Waals surface area contributed by atoms with Gasteiger partial charge in [-0.2, -0.15) is 0 Å². The molecule has 0 spiro atoms. The highest BCUT2D eigenvalue weighted by atomic mass is 16.5. The molecule has 104 valence electrons. The van der Waals surface area contributed by atoms with Gasteiger partial charge in [0, 0.05) is 0 Å². The van der Waals surface area contributed by atoms with E-state index in [-0.39, 0.29) is 6.04 Å². The van der Waals surface area contributed by atoms with E-state index in [2.05, 4.69) is 36.5 Å². The fourth-order valence-electron chi connectivity index (χ4n) is 2.43. The smallest absolute Gasteiger partial charge is 0.142 e. The van der Waals surface area contributed by atoms with Gasteiger partial charge in [-0.3, -0.25) is 0 Å². The molecule has 0 amide bonds. The molecule has 3 nitrogen and oxygen atoms in total. The van der Waals surface area contributed by atoms with Gasteiger partial charge in [-0.1, -0.05) is 18.2 Å². The van der Waals surface area contributed by atoms with Crippen molar-refractivity contribution in [3.8, 4) is 11.5 Å². The van der Waals surface area contributed by atoms with Gasteiger partial charge < -0.3 is 14.8 Å². The van der Waals surface area contributed by atoms with Crippen LogP contribution in [-0.4, -0.2) is 13.2 Å². The molecule has 0 radical (unpaired) electrons. The van der Waals surface area contributed by atoms with Crippen LogP contribution in [0.3, 0.4) is 0 Å². The molecule has 0 fully saturated rings. The Balaban J connectivity index is 1.79. The Morgan fingerprint density at radius 2 is 2.00 bits per heavy atom. The predicted octanol–water partition coefficient (Wildman–Crippen LogP) is 3.94. The average molecular weight is 269 g/mol. The molecule has 3 rings (SSSR count). The summed E-state index contributed by atoms with van der Waals surface area (Å²) in [7, 11) is 0. The van der Waals surface area contributed by atoms with Crippen LogP contribution in [0.25, 0.3) is 0 Å². The van der Waals surface area contributed by atoms with Gasteiger partial charge in [0.05, 0.1) is 18.3 Å². The monoisotopic (exact) mass is 269 g/mol. The van der Waals surface area contributed by atoms with Gasteiger partial charge in [0.25, 0.3) is 0 Å². The standard InChI is InChI=1S/C17H19NO2/c1-3-19-14-7-5-13(6-8-14)16-11-20-17-9-4-12(2)10-15(17)18-16/h4-10,16,18H,3,11H2,1-2H3/t16-/m0/s1. The molecule has 1 heterocycles. The Bertz CT molecular complexity index is 592. The van der Waals surface area contributed by atoms with Crippen LogP contribution >= 0.6 is 0 Å². The summed E-state index contributed by atoms with van der Waals surface area (Å²) in [6.07, 6.45) is 0. The third kappa shape index (κ3) is 2.57. The molecule has 0 aromatic heterocycles. The van der Waals surface area contributed by atoms with E-state index in [4.69, 9.17) is 9.47 Å². The molecule has 1 N–H and O–H groups in total. The van der Waals surface area contributed by atoms with Crippen molar-refractivity contribution < 1.29 is 9.47 Å². The zero-order valence-corrected chi connectivity index (χ0v) is 11.8. The van der Waals surface area contributed by atoms with Crippen molar-refractivity contribution in [1.29, 1.82) is 0 Å². The van der Waals surface area contributed by atoms with Crippen LogP contribution in [-0.2, 0) is 0 Å². The van der Waals surface area contributed by atoms with E-state index >= 15 is 0 Å². The normalized spacial score (nSPS) is 16.8. The third-order valence-corrected chi connectivity index (χ3v) is 3.46. The summed E-state index contributed by atoms with van der Waals surface area (Å²) in [6, 6.07) is 14.6. The van der Waals surface area contributed by atoms with Gasteiger partial charge in [-0.05, 0) is 49.2 Å². The Hall–Kier alpha value is -2.16. The summed E-state index contributed by atoms with van der Waals surface area (Å²) >= 11 is 0. The second-order valence-corrected chi connectivity index (χ2v) is 5.01. The predicted molar refractivity (Wildman–Crippen MR) is 80.6 cm³/mol. The van der Waals surface area contributed by atoms with E-state index in [9.17, 15) is 0 Å². The minimum atomic E-state index is 0.181. The van der Waals surface area contributed by atoms with Gasteiger partial charge in [-0.15, -0.1) is 0 Å². The van der Waals surface area contributed by atoms with Gasteiger partial charge in [-0.25, -0.2) is 0 Å². The maximum atomic E-state index is 5.83. The van der Waals surface area contributed by atoms with E-state index in [1.165, 1.54) is 11.1 Å². The lowest BCUT2D eigenvalue weighted by Gasteiger charge is -2.28. The van der Waals surface area contributed by atoms with Crippen molar-refractivity contribution in [3.05, 3.63) is 53.6 Å². The maximum Gasteiger partial charge on any atom is 0.142 e. The lowest BCUT2D eigenvalue weighted by atomic mass is 10.0. The first-order valence-electron chi connectivity index (χ1n) is 6.99. The minimum Gasteiger partial charge on any atom is -0.494 e. The molecule has 2 aromatic rings. The maximum absolute atomic E-state index is 5.83. The van der Waals surface area contributed by atoms with Crippen molar-refractivity contribution in [3.63, 3.8) is 0 Å². The summed E-state index contributed by atoms with van der Waals surface area (Å²) in [5.41, 5.74) is 3.50. The number of rotatable bonds is 3. The molecular formula is C17H19NO2. The van der Waals surface area contributed by atoms with Gasteiger partial charge in [0.15, 0.2) is 0 Å². The molecule has 3 heteroatoms. The SMILES string of the molecule is CCOc1ccc([C@@H]2COc3ccc(C)cc3N2)cc1. The number of hydrogen-bond acceptors (Lipinski definition) is 3. The average Bonchev–Trinajstić information content (AvgIpc) is 2.47. The van der Waals surface area contributed by atoms with Crippen LogP contribution in [0, 0.1) is 6.92 Å². The number of aryl methyl sites for hydroxylation is 1. The summed E-state index contributed by atoms with van der Waals surface area (Å²) in [4.78, 5) is 0. The van der Waals surface area contributed by atoms with Crippen LogP contribution < -0.4 is 14.8 Å². The van der Waals surface area contributed by atoms with Crippen molar-refractivity contribution in [2.24, 2.45) is 0 Å². The molecule has 2 aromatic carbocycles. The third-order valence-electron chi connectivity index (χ3n) is 3.46. The second kappa shape index (κ2) is 5.45. The van der Waals surface area contributed by atoms with E-state index in [1.54, 1.807) is 0 Å². The van der Waals surface area contributed by atoms with Gasteiger partial charge in [0.2, 0.25) is 0 Å². The van der Waals surface area contributed by atoms with Crippen molar-refractivity contribution in [2.45, 2.75) is 19.9 Å². The topological polar surface area (TPSA) is 30.5 Å². The lowest BCUT2D eigenvalue weighted by molar-refractivity contribution is 0.286. The van der Waals surface area contributed by atoms with Crippen LogP contribution in [0.15, 0.2) is 42.5 Å². The molecule has 20 heavy (non-hydrogen) atoms. The van der Waals surface area contributed by atoms with Crippen LogP contribution in [0.4, 0.5) is 5.69 Å². The summed E-state index contributed by atoms with van der Waals surface area (Å²) in [5, 5.41) is 3.54. The Morgan fingerprint density at radius 1 is 1.20 bits per heavy atom. The molecule has 0 aliphatic carbocycles. The fraction of sp³-hybridized carbons (Fsp3) is 0.294. The van der Waals surface area contributed by atoms with E-state index < -0.39 is 0 Å². The molecule has 0 saturated heterocycles. The van der Waals surface area contributed by atoms with Crippen molar-refractivity contribution >= 4 is 5.69 Å². The quantitative estimate of drug-likeness (QED) is 0.915. The van der Waals surface area contributed by atoms with Gasteiger partial charge in [0.1, 0.15) is 18.1 Å². The first-order valence-corrected chi connectivity index (χ1v) is 6.99. The number of fused-ring (bicyclic) bond motifs is 1. The van der Waals surface area contributed by atoms with Crippen molar-refractivity contribution in [2.75, 3.05) is 18.5 Å². The zero-order valence-electron chi connectivity index (χ0n) is 11.8. The van der Waals surface area contributed by atoms with E-state index in [0.717, 1.165) is 17.2 Å².